The van der Waals surface area contributed by atoms with Gasteiger partial charge in [-0.3, -0.25) is 0 Å². The summed E-state index contributed by atoms with van der Waals surface area (Å²) < 4.78 is 0. The van der Waals surface area contributed by atoms with Gasteiger partial charge in [0.1, 0.15) is 6.33 Å². The fourth-order valence-corrected chi connectivity index (χ4v) is 1.32. The molecule has 70 valence electrons. The van der Waals surface area contributed by atoms with Crippen molar-refractivity contribution in [3.63, 3.8) is 0 Å². The highest BCUT2D eigenvalue weighted by Crippen LogP contribution is 2.16. The van der Waals surface area contributed by atoms with E-state index >= 15 is 0 Å². The lowest BCUT2D eigenvalue weighted by Crippen LogP contribution is -1.91. The Hall–Kier alpha value is -1.48. The summed E-state index contributed by atoms with van der Waals surface area (Å²) in [5.74, 6) is 0.605. The first-order valence-corrected chi connectivity index (χ1v) is 4.55. The van der Waals surface area contributed by atoms with Crippen LogP contribution in [0.1, 0.15) is 5.56 Å². The number of nitrogens with zero attached hydrogens (tertiary/aromatic N) is 3. The summed E-state index contributed by atoms with van der Waals surface area (Å²) in [5.41, 5.74) is 2.12. The third-order valence-electron chi connectivity index (χ3n) is 1.82. The quantitative estimate of drug-likeness (QED) is 0.718. The van der Waals surface area contributed by atoms with Crippen molar-refractivity contribution in [1.29, 1.82) is 0 Å². The second-order valence-electron chi connectivity index (χ2n) is 2.95. The summed E-state index contributed by atoms with van der Waals surface area (Å²) in [5, 5.41) is 0.219. The molecule has 0 bridgehead atoms. The van der Waals surface area contributed by atoms with Crippen LogP contribution in [0.5, 0.6) is 0 Å². The van der Waals surface area contributed by atoms with Crippen LogP contribution in [0, 0.1) is 6.92 Å². The first-order chi connectivity index (χ1) is 6.75. The maximum absolute atomic E-state index is 5.67. The normalized spacial score (nSPS) is 10.1. The van der Waals surface area contributed by atoms with Gasteiger partial charge in [-0.1, -0.05) is 23.8 Å². The molecule has 1 aromatic carbocycles. The molecule has 0 saturated heterocycles. The number of hydrogen-bond acceptors (Lipinski definition) is 3. The van der Waals surface area contributed by atoms with Crippen LogP contribution in [0.4, 0.5) is 0 Å². The molecule has 14 heavy (non-hydrogen) atoms. The summed E-state index contributed by atoms with van der Waals surface area (Å²) in [7, 11) is 0. The molecule has 0 fully saturated rings. The highest BCUT2D eigenvalue weighted by atomic mass is 35.5. The number of halogens is 1. The Balaban J connectivity index is 2.49. The summed E-state index contributed by atoms with van der Waals surface area (Å²) in [6, 6.07) is 7.93. The Bertz CT molecular complexity index is 413. The van der Waals surface area contributed by atoms with Crippen LogP contribution in [-0.2, 0) is 0 Å². The zero-order valence-corrected chi connectivity index (χ0v) is 8.36. The lowest BCUT2D eigenvalue weighted by Gasteiger charge is -2.00. The van der Waals surface area contributed by atoms with E-state index in [-0.39, 0.29) is 5.28 Å². The van der Waals surface area contributed by atoms with Gasteiger partial charge < -0.3 is 0 Å². The smallest absolute Gasteiger partial charge is 0.216 e. The summed E-state index contributed by atoms with van der Waals surface area (Å²) >= 11 is 5.67. The third-order valence-corrected chi connectivity index (χ3v) is 2.00. The zero-order valence-electron chi connectivity index (χ0n) is 7.61. The second-order valence-corrected chi connectivity index (χ2v) is 3.29. The molecule has 0 atom stereocenters. The van der Waals surface area contributed by atoms with Gasteiger partial charge in [0.05, 0.1) is 0 Å². The number of aromatic nitrogens is 3. The van der Waals surface area contributed by atoms with Crippen LogP contribution < -0.4 is 0 Å². The number of hydrogen-bond donors (Lipinski definition) is 0. The van der Waals surface area contributed by atoms with Gasteiger partial charge in [0, 0.05) is 5.56 Å². The molecule has 0 unspecified atom stereocenters. The molecule has 0 spiro atoms. The van der Waals surface area contributed by atoms with Gasteiger partial charge in [0.25, 0.3) is 0 Å². The number of rotatable bonds is 1. The highest BCUT2D eigenvalue weighted by Gasteiger charge is 2.01. The monoisotopic (exact) mass is 205 g/mol. The Kier molecular flexibility index (Phi) is 2.41. The van der Waals surface area contributed by atoms with Crippen molar-refractivity contribution in [3.05, 3.63) is 41.4 Å². The molecular formula is C10H8ClN3. The Morgan fingerprint density at radius 2 is 2.07 bits per heavy atom. The van der Waals surface area contributed by atoms with Crippen molar-refractivity contribution >= 4 is 11.6 Å². The second kappa shape index (κ2) is 3.72. The van der Waals surface area contributed by atoms with Crippen molar-refractivity contribution in [2.75, 3.05) is 0 Å². The van der Waals surface area contributed by atoms with E-state index in [2.05, 4.69) is 15.0 Å². The van der Waals surface area contributed by atoms with Crippen LogP contribution in [0.15, 0.2) is 30.6 Å². The number of aryl methyl sites for hydroxylation is 1. The van der Waals surface area contributed by atoms with E-state index in [9.17, 15) is 0 Å². The molecule has 0 N–H and O–H groups in total. The molecule has 2 aromatic rings. The molecule has 0 aliphatic rings. The molecule has 3 nitrogen and oxygen atoms in total. The minimum absolute atomic E-state index is 0.219. The fraction of sp³-hybridized carbons (Fsp3) is 0.100. The SMILES string of the molecule is Cc1cccc(-c2ncnc(Cl)n2)c1. The average molecular weight is 206 g/mol. The van der Waals surface area contributed by atoms with E-state index in [0.717, 1.165) is 5.56 Å². The van der Waals surface area contributed by atoms with Crippen LogP contribution in [0.25, 0.3) is 11.4 Å². The van der Waals surface area contributed by atoms with Gasteiger partial charge in [0.15, 0.2) is 5.82 Å². The Morgan fingerprint density at radius 1 is 1.21 bits per heavy atom. The minimum atomic E-state index is 0.219. The first kappa shape index (κ1) is 9.09. The maximum Gasteiger partial charge on any atom is 0.225 e. The molecule has 0 radical (unpaired) electrons. The standard InChI is InChI=1S/C10H8ClN3/c1-7-3-2-4-8(5-7)9-12-6-13-10(11)14-9/h2-6H,1H3. The predicted octanol–water partition coefficient (Wildman–Crippen LogP) is 2.50. The van der Waals surface area contributed by atoms with Crippen LogP contribution in [0.2, 0.25) is 5.28 Å². The Labute approximate surface area is 86.8 Å². The largest absolute Gasteiger partial charge is 0.225 e. The van der Waals surface area contributed by atoms with Crippen molar-refractivity contribution in [3.8, 4) is 11.4 Å². The lowest BCUT2D eigenvalue weighted by atomic mass is 10.1. The zero-order chi connectivity index (χ0) is 9.97. The summed E-state index contributed by atoms with van der Waals surface area (Å²) in [6.45, 7) is 2.02. The van der Waals surface area contributed by atoms with E-state index in [0.29, 0.717) is 5.82 Å². The Morgan fingerprint density at radius 3 is 2.79 bits per heavy atom. The molecule has 0 saturated carbocycles. The van der Waals surface area contributed by atoms with E-state index in [1.54, 1.807) is 0 Å². The van der Waals surface area contributed by atoms with Gasteiger partial charge in [-0.25, -0.2) is 9.97 Å². The van der Waals surface area contributed by atoms with Crippen molar-refractivity contribution < 1.29 is 0 Å². The van der Waals surface area contributed by atoms with Crippen LogP contribution in [-0.4, -0.2) is 15.0 Å². The summed E-state index contributed by atoms with van der Waals surface area (Å²) in [4.78, 5) is 11.8. The molecule has 1 heterocycles. The molecule has 0 aliphatic heterocycles. The van der Waals surface area contributed by atoms with Gasteiger partial charge in [0.2, 0.25) is 5.28 Å². The molecule has 1 aromatic heterocycles. The topological polar surface area (TPSA) is 38.7 Å². The third kappa shape index (κ3) is 1.88. The van der Waals surface area contributed by atoms with E-state index < -0.39 is 0 Å². The van der Waals surface area contributed by atoms with Gasteiger partial charge in [-0.15, -0.1) is 0 Å². The lowest BCUT2D eigenvalue weighted by molar-refractivity contribution is 1.06. The van der Waals surface area contributed by atoms with Crippen molar-refractivity contribution in [1.82, 2.24) is 15.0 Å². The summed E-state index contributed by atoms with van der Waals surface area (Å²) in [6.07, 6.45) is 1.41. The van der Waals surface area contributed by atoms with Gasteiger partial charge in [-0.05, 0) is 24.6 Å². The van der Waals surface area contributed by atoms with Crippen LogP contribution in [0.3, 0.4) is 0 Å². The fourth-order valence-electron chi connectivity index (χ4n) is 1.20. The predicted molar refractivity (Wildman–Crippen MR) is 55.0 cm³/mol. The van der Waals surface area contributed by atoms with E-state index in [1.807, 2.05) is 31.2 Å². The molecule has 0 aliphatic carbocycles. The molecule has 4 heteroatoms. The van der Waals surface area contributed by atoms with Crippen molar-refractivity contribution in [2.24, 2.45) is 0 Å². The van der Waals surface area contributed by atoms with Crippen LogP contribution >= 0.6 is 11.6 Å². The van der Waals surface area contributed by atoms with E-state index in [1.165, 1.54) is 11.9 Å². The number of benzene rings is 1. The molecule has 0 amide bonds. The van der Waals surface area contributed by atoms with Gasteiger partial charge >= 0.3 is 0 Å². The maximum atomic E-state index is 5.67. The average Bonchev–Trinajstić information content (AvgIpc) is 2.18. The first-order valence-electron chi connectivity index (χ1n) is 4.17. The van der Waals surface area contributed by atoms with Crippen molar-refractivity contribution in [2.45, 2.75) is 6.92 Å². The highest BCUT2D eigenvalue weighted by molar-refractivity contribution is 6.28. The minimum Gasteiger partial charge on any atom is -0.216 e. The van der Waals surface area contributed by atoms with E-state index in [4.69, 9.17) is 11.6 Å². The van der Waals surface area contributed by atoms with Gasteiger partial charge in [-0.2, -0.15) is 4.98 Å². The molecule has 2 rings (SSSR count). The molecular weight excluding hydrogens is 198 g/mol.